The Labute approximate surface area is 190 Å². The van der Waals surface area contributed by atoms with Gasteiger partial charge in [0.05, 0.1) is 16.3 Å². The van der Waals surface area contributed by atoms with Crippen molar-refractivity contribution in [1.29, 1.82) is 0 Å². The van der Waals surface area contributed by atoms with Crippen LogP contribution < -0.4 is 5.43 Å². The van der Waals surface area contributed by atoms with Gasteiger partial charge in [0, 0.05) is 18.4 Å². The molecule has 0 saturated carbocycles. The minimum absolute atomic E-state index is 0.734. The molecule has 0 unspecified atom stereocenters. The van der Waals surface area contributed by atoms with Crippen LogP contribution in [0.1, 0.15) is 11.1 Å². The second-order valence-electron chi connectivity index (χ2n) is 7.41. The van der Waals surface area contributed by atoms with E-state index in [1.165, 1.54) is 16.0 Å². The summed E-state index contributed by atoms with van der Waals surface area (Å²) in [7, 11) is 0. The number of nitrogens with one attached hydrogen (secondary N) is 1. The standard InChI is InChI=1S/C24H23N5S2/c1-18-9-11-20(12-10-18)29-15-21(22-8-5-13-30-22)26-24(29)31-16-23-27-25-17-28(23)14-19-6-3-2-4-7-19/h2-13,15,25H,14,16-17H2,1H3. The maximum atomic E-state index is 4.96. The topological polar surface area (TPSA) is 45.5 Å². The molecule has 2 aromatic carbocycles. The van der Waals surface area contributed by atoms with Gasteiger partial charge in [0.2, 0.25) is 0 Å². The number of hydrogen-bond acceptors (Lipinski definition) is 6. The molecule has 3 heterocycles. The van der Waals surface area contributed by atoms with Crippen molar-refractivity contribution in [3.8, 4) is 16.3 Å². The van der Waals surface area contributed by atoms with E-state index in [4.69, 9.17) is 4.98 Å². The first kappa shape index (κ1) is 19.9. The largest absolute Gasteiger partial charge is 0.335 e. The smallest absolute Gasteiger partial charge is 0.173 e. The third kappa shape index (κ3) is 4.52. The lowest BCUT2D eigenvalue weighted by atomic mass is 10.2. The van der Waals surface area contributed by atoms with E-state index in [1.54, 1.807) is 23.1 Å². The summed E-state index contributed by atoms with van der Waals surface area (Å²) in [5.41, 5.74) is 7.79. The van der Waals surface area contributed by atoms with Crippen molar-refractivity contribution in [3.05, 3.63) is 89.4 Å². The Morgan fingerprint density at radius 2 is 1.87 bits per heavy atom. The van der Waals surface area contributed by atoms with E-state index < -0.39 is 0 Å². The molecular weight excluding hydrogens is 422 g/mol. The molecule has 5 rings (SSSR count). The highest BCUT2D eigenvalue weighted by Gasteiger charge is 2.20. The Morgan fingerprint density at radius 1 is 1.03 bits per heavy atom. The summed E-state index contributed by atoms with van der Waals surface area (Å²) in [5, 5.41) is 7.60. The Hall–Kier alpha value is -3.03. The number of nitrogens with zero attached hydrogens (tertiary/aromatic N) is 4. The summed E-state index contributed by atoms with van der Waals surface area (Å²) in [6.45, 7) is 3.69. The minimum atomic E-state index is 0.734. The van der Waals surface area contributed by atoms with Crippen LogP contribution in [0.3, 0.4) is 0 Å². The average molecular weight is 446 g/mol. The summed E-state index contributed by atoms with van der Waals surface area (Å²) in [6, 6.07) is 23.3. The van der Waals surface area contributed by atoms with Gasteiger partial charge in [-0.1, -0.05) is 65.9 Å². The average Bonchev–Trinajstić information content (AvgIpc) is 3.55. The Morgan fingerprint density at radius 3 is 2.65 bits per heavy atom. The Kier molecular flexibility index (Phi) is 5.78. The number of thiophene rings is 1. The van der Waals surface area contributed by atoms with Gasteiger partial charge in [0.25, 0.3) is 0 Å². The number of thioether (sulfide) groups is 1. The summed E-state index contributed by atoms with van der Waals surface area (Å²) in [5.74, 6) is 1.80. The first-order valence-electron chi connectivity index (χ1n) is 10.2. The zero-order valence-electron chi connectivity index (χ0n) is 17.2. The SMILES string of the molecule is Cc1ccc(-n2cc(-c3cccs3)nc2SCC2=NNCN2Cc2ccccc2)cc1. The Bertz CT molecular complexity index is 1160. The van der Waals surface area contributed by atoms with Crippen molar-refractivity contribution in [2.45, 2.75) is 18.6 Å². The fourth-order valence-corrected chi connectivity index (χ4v) is 5.12. The molecule has 0 spiro atoms. The van der Waals surface area contributed by atoms with Crippen LogP contribution in [0.4, 0.5) is 0 Å². The van der Waals surface area contributed by atoms with Gasteiger partial charge in [-0.15, -0.1) is 11.3 Å². The normalized spacial score (nSPS) is 13.3. The highest BCUT2D eigenvalue weighted by Crippen LogP contribution is 2.30. The monoisotopic (exact) mass is 445 g/mol. The lowest BCUT2D eigenvalue weighted by Gasteiger charge is -2.19. The molecule has 0 fully saturated rings. The molecular formula is C24H23N5S2. The van der Waals surface area contributed by atoms with Crippen LogP contribution >= 0.6 is 23.1 Å². The van der Waals surface area contributed by atoms with Gasteiger partial charge in [-0.3, -0.25) is 9.99 Å². The maximum absolute atomic E-state index is 4.96. The van der Waals surface area contributed by atoms with Crippen LogP contribution in [0.5, 0.6) is 0 Å². The van der Waals surface area contributed by atoms with Crippen LogP contribution in [-0.4, -0.2) is 32.7 Å². The van der Waals surface area contributed by atoms with Crippen LogP contribution in [0, 0.1) is 6.92 Å². The third-order valence-electron chi connectivity index (χ3n) is 5.14. The fraction of sp³-hybridized carbons (Fsp3) is 0.167. The van der Waals surface area contributed by atoms with Gasteiger partial charge in [0.1, 0.15) is 12.5 Å². The molecule has 1 aliphatic rings. The highest BCUT2D eigenvalue weighted by atomic mass is 32.2. The van der Waals surface area contributed by atoms with Crippen LogP contribution in [0.2, 0.25) is 0 Å². The molecule has 0 bridgehead atoms. The van der Waals surface area contributed by atoms with Crippen molar-refractivity contribution in [2.24, 2.45) is 5.10 Å². The van der Waals surface area contributed by atoms with Crippen molar-refractivity contribution >= 4 is 28.9 Å². The number of imidazole rings is 1. The molecule has 7 heteroatoms. The molecule has 5 nitrogen and oxygen atoms in total. The fourth-order valence-electron chi connectivity index (χ4n) is 3.48. The maximum Gasteiger partial charge on any atom is 0.173 e. The Balaban J connectivity index is 1.37. The van der Waals surface area contributed by atoms with Crippen LogP contribution in [0.15, 0.2) is 88.6 Å². The molecule has 4 aromatic rings. The van der Waals surface area contributed by atoms with Crippen molar-refractivity contribution in [1.82, 2.24) is 19.9 Å². The van der Waals surface area contributed by atoms with Crippen LogP contribution in [0.25, 0.3) is 16.3 Å². The molecule has 156 valence electrons. The number of hydrazone groups is 1. The number of benzene rings is 2. The van der Waals surface area contributed by atoms with E-state index in [2.05, 4.69) is 99.2 Å². The molecule has 31 heavy (non-hydrogen) atoms. The molecule has 0 aliphatic carbocycles. The van der Waals surface area contributed by atoms with Gasteiger partial charge in [0.15, 0.2) is 5.16 Å². The van der Waals surface area contributed by atoms with Gasteiger partial charge < -0.3 is 4.90 Å². The van der Waals surface area contributed by atoms with Gasteiger partial charge in [-0.2, -0.15) is 5.10 Å². The van der Waals surface area contributed by atoms with Crippen molar-refractivity contribution in [2.75, 3.05) is 12.4 Å². The molecule has 1 aliphatic heterocycles. The van der Waals surface area contributed by atoms with Crippen molar-refractivity contribution in [3.63, 3.8) is 0 Å². The van der Waals surface area contributed by atoms with E-state index in [9.17, 15) is 0 Å². The number of hydrogen-bond donors (Lipinski definition) is 1. The van der Waals surface area contributed by atoms with Gasteiger partial charge in [-0.05, 0) is 36.1 Å². The predicted molar refractivity (Wildman–Crippen MR) is 130 cm³/mol. The minimum Gasteiger partial charge on any atom is -0.335 e. The van der Waals surface area contributed by atoms with E-state index in [-0.39, 0.29) is 0 Å². The number of amidine groups is 1. The number of aromatic nitrogens is 2. The molecule has 0 atom stereocenters. The first-order valence-corrected chi connectivity index (χ1v) is 12.0. The van der Waals surface area contributed by atoms with E-state index in [0.717, 1.165) is 41.3 Å². The summed E-state index contributed by atoms with van der Waals surface area (Å²) >= 11 is 3.43. The molecule has 0 radical (unpaired) electrons. The first-order chi connectivity index (χ1) is 15.3. The van der Waals surface area contributed by atoms with Crippen molar-refractivity contribution < 1.29 is 0 Å². The van der Waals surface area contributed by atoms with Gasteiger partial charge in [-0.25, -0.2) is 4.98 Å². The van der Waals surface area contributed by atoms with Gasteiger partial charge >= 0.3 is 0 Å². The highest BCUT2D eigenvalue weighted by molar-refractivity contribution is 7.99. The quantitative estimate of drug-likeness (QED) is 0.388. The number of rotatable bonds is 7. The lowest BCUT2D eigenvalue weighted by molar-refractivity contribution is 0.418. The summed E-state index contributed by atoms with van der Waals surface area (Å²) in [4.78, 5) is 8.42. The second-order valence-corrected chi connectivity index (χ2v) is 9.30. The molecule has 0 saturated heterocycles. The van der Waals surface area contributed by atoms with E-state index in [0.29, 0.717) is 0 Å². The number of aryl methyl sites for hydroxylation is 1. The summed E-state index contributed by atoms with van der Waals surface area (Å²) < 4.78 is 2.18. The van der Waals surface area contributed by atoms with E-state index >= 15 is 0 Å². The summed E-state index contributed by atoms with van der Waals surface area (Å²) in [6.07, 6.45) is 2.13. The van der Waals surface area contributed by atoms with Crippen LogP contribution in [-0.2, 0) is 6.54 Å². The second kappa shape index (κ2) is 8.99. The van der Waals surface area contributed by atoms with E-state index in [1.807, 2.05) is 6.07 Å². The zero-order chi connectivity index (χ0) is 21.0. The third-order valence-corrected chi connectivity index (χ3v) is 6.98. The lowest BCUT2D eigenvalue weighted by Crippen LogP contribution is -2.30. The molecule has 0 amide bonds. The predicted octanol–water partition coefficient (Wildman–Crippen LogP) is 5.38. The molecule has 2 aromatic heterocycles. The zero-order valence-corrected chi connectivity index (χ0v) is 18.9. The molecule has 1 N–H and O–H groups in total.